The van der Waals surface area contributed by atoms with Gasteiger partial charge in [-0.25, -0.2) is 0 Å². The van der Waals surface area contributed by atoms with Gasteiger partial charge in [-0.2, -0.15) is 0 Å². The molecular formula is C30H36N2O3. The molecule has 0 saturated carbocycles. The number of benzene rings is 3. The quantitative estimate of drug-likeness (QED) is 0.395. The molecule has 0 heterocycles. The molecule has 0 unspecified atom stereocenters. The van der Waals surface area contributed by atoms with Crippen molar-refractivity contribution in [1.29, 1.82) is 0 Å². The van der Waals surface area contributed by atoms with E-state index in [4.69, 9.17) is 4.74 Å². The van der Waals surface area contributed by atoms with Crippen LogP contribution in [0, 0.1) is 0 Å². The molecule has 0 saturated heterocycles. The van der Waals surface area contributed by atoms with E-state index in [2.05, 4.69) is 12.2 Å². The molecule has 35 heavy (non-hydrogen) atoms. The van der Waals surface area contributed by atoms with E-state index in [9.17, 15) is 9.59 Å². The summed E-state index contributed by atoms with van der Waals surface area (Å²) in [5.41, 5.74) is 3.17. The monoisotopic (exact) mass is 472 g/mol. The van der Waals surface area contributed by atoms with Crippen LogP contribution in [0.4, 0.5) is 0 Å². The lowest BCUT2D eigenvalue weighted by molar-refractivity contribution is -0.143. The number of ether oxygens (including phenoxy) is 1. The summed E-state index contributed by atoms with van der Waals surface area (Å²) < 4.78 is 5.85. The van der Waals surface area contributed by atoms with Gasteiger partial charge in [-0.1, -0.05) is 86.6 Å². The van der Waals surface area contributed by atoms with E-state index >= 15 is 0 Å². The Morgan fingerprint density at radius 2 is 1.43 bits per heavy atom. The fourth-order valence-electron chi connectivity index (χ4n) is 3.82. The molecule has 0 aliphatic rings. The number of aryl methyl sites for hydroxylation is 1. The molecule has 3 rings (SSSR count). The van der Waals surface area contributed by atoms with Gasteiger partial charge in [-0.05, 0) is 48.6 Å². The maximum atomic E-state index is 13.6. The van der Waals surface area contributed by atoms with Crippen molar-refractivity contribution in [3.63, 3.8) is 0 Å². The summed E-state index contributed by atoms with van der Waals surface area (Å²) >= 11 is 0. The third kappa shape index (κ3) is 7.99. The highest BCUT2D eigenvalue weighted by Crippen LogP contribution is 2.17. The number of hydrogen-bond acceptors (Lipinski definition) is 3. The van der Waals surface area contributed by atoms with Gasteiger partial charge in [0.15, 0.2) is 6.61 Å². The summed E-state index contributed by atoms with van der Waals surface area (Å²) in [4.78, 5) is 28.7. The minimum atomic E-state index is -0.662. The predicted molar refractivity (Wildman–Crippen MR) is 140 cm³/mol. The molecular weight excluding hydrogens is 436 g/mol. The van der Waals surface area contributed by atoms with Crippen LogP contribution in [0.5, 0.6) is 5.75 Å². The molecule has 3 aromatic rings. The van der Waals surface area contributed by atoms with E-state index < -0.39 is 6.04 Å². The summed E-state index contributed by atoms with van der Waals surface area (Å²) in [7, 11) is 0. The molecule has 0 radical (unpaired) electrons. The molecule has 5 nitrogen and oxygen atoms in total. The van der Waals surface area contributed by atoms with Crippen LogP contribution in [0.2, 0.25) is 0 Å². The first-order chi connectivity index (χ1) is 17.0. The summed E-state index contributed by atoms with van der Waals surface area (Å²) in [6.45, 7) is 6.28. The van der Waals surface area contributed by atoms with Crippen LogP contribution in [0.1, 0.15) is 43.9 Å². The van der Waals surface area contributed by atoms with Crippen LogP contribution in [-0.4, -0.2) is 35.4 Å². The minimum Gasteiger partial charge on any atom is -0.484 e. The lowest BCUT2D eigenvalue weighted by atomic mass is 10.0. The van der Waals surface area contributed by atoms with Crippen LogP contribution >= 0.6 is 0 Å². The highest BCUT2D eigenvalue weighted by Gasteiger charge is 2.31. The van der Waals surface area contributed by atoms with Gasteiger partial charge in [0.05, 0.1) is 0 Å². The fourth-order valence-corrected chi connectivity index (χ4v) is 3.82. The average molecular weight is 473 g/mol. The van der Waals surface area contributed by atoms with Crippen molar-refractivity contribution < 1.29 is 14.3 Å². The highest BCUT2D eigenvalue weighted by atomic mass is 16.5. The van der Waals surface area contributed by atoms with Crippen molar-refractivity contribution in [3.05, 3.63) is 102 Å². The number of amides is 2. The van der Waals surface area contributed by atoms with Crippen molar-refractivity contribution in [2.75, 3.05) is 6.61 Å². The van der Waals surface area contributed by atoms with Gasteiger partial charge in [0.2, 0.25) is 5.91 Å². The summed E-state index contributed by atoms with van der Waals surface area (Å²) in [5.74, 6) is 0.257. The first-order valence-corrected chi connectivity index (χ1v) is 12.4. The second-order valence-corrected chi connectivity index (χ2v) is 8.82. The number of nitrogens with zero attached hydrogens (tertiary/aromatic N) is 1. The topological polar surface area (TPSA) is 58.6 Å². The molecule has 5 heteroatoms. The predicted octanol–water partition coefficient (Wildman–Crippen LogP) is 5.18. The molecule has 2 amide bonds. The Bertz CT molecular complexity index is 1050. The van der Waals surface area contributed by atoms with Crippen LogP contribution in [0.25, 0.3) is 0 Å². The second kappa shape index (κ2) is 13.3. The van der Waals surface area contributed by atoms with Crippen molar-refractivity contribution >= 4 is 11.8 Å². The van der Waals surface area contributed by atoms with E-state index in [-0.39, 0.29) is 24.5 Å². The van der Waals surface area contributed by atoms with Crippen LogP contribution in [-0.2, 0) is 29.0 Å². The van der Waals surface area contributed by atoms with Gasteiger partial charge >= 0.3 is 0 Å². The first kappa shape index (κ1) is 26.0. The largest absolute Gasteiger partial charge is 0.484 e. The summed E-state index contributed by atoms with van der Waals surface area (Å²) in [6.07, 6.45) is 2.18. The molecule has 0 aliphatic carbocycles. The molecule has 1 N–H and O–H groups in total. The van der Waals surface area contributed by atoms with Gasteiger partial charge in [0.1, 0.15) is 11.8 Å². The maximum absolute atomic E-state index is 13.6. The zero-order chi connectivity index (χ0) is 25.0. The van der Waals surface area contributed by atoms with Crippen LogP contribution in [0.15, 0.2) is 84.9 Å². The Hall–Kier alpha value is -3.60. The van der Waals surface area contributed by atoms with Gasteiger partial charge in [-0.15, -0.1) is 0 Å². The first-order valence-electron chi connectivity index (χ1n) is 12.4. The lowest BCUT2D eigenvalue weighted by Gasteiger charge is -2.32. The van der Waals surface area contributed by atoms with E-state index in [1.807, 2.05) is 98.8 Å². The van der Waals surface area contributed by atoms with E-state index in [1.54, 1.807) is 4.90 Å². The Morgan fingerprint density at radius 1 is 0.829 bits per heavy atom. The maximum Gasteiger partial charge on any atom is 0.261 e. The van der Waals surface area contributed by atoms with Gasteiger partial charge < -0.3 is 15.0 Å². The summed E-state index contributed by atoms with van der Waals surface area (Å²) in [6, 6.07) is 26.7. The standard InChI is InChI=1S/C30H36N2O3/c1-4-23(3)31-30(34)28(20-25-12-8-6-9-13-25)32(21-26-14-10-7-11-15-26)29(33)22-35-27-18-16-24(5-2)17-19-27/h6-19,23,28H,4-5,20-22H2,1-3H3,(H,31,34)/t23-,28-/m0/s1. The Balaban J connectivity index is 1.86. The van der Waals surface area contributed by atoms with Crippen molar-refractivity contribution in [1.82, 2.24) is 10.2 Å². The molecule has 0 spiro atoms. The zero-order valence-electron chi connectivity index (χ0n) is 20.9. The lowest BCUT2D eigenvalue weighted by Crippen LogP contribution is -2.53. The van der Waals surface area contributed by atoms with Gasteiger partial charge in [0.25, 0.3) is 5.91 Å². The highest BCUT2D eigenvalue weighted by molar-refractivity contribution is 5.88. The molecule has 0 aliphatic heterocycles. The molecule has 0 fully saturated rings. The molecule has 0 bridgehead atoms. The van der Waals surface area contributed by atoms with Gasteiger partial charge in [0, 0.05) is 19.0 Å². The van der Waals surface area contributed by atoms with Crippen LogP contribution in [0.3, 0.4) is 0 Å². The molecule has 2 atom stereocenters. The van der Waals surface area contributed by atoms with E-state index in [1.165, 1.54) is 5.56 Å². The van der Waals surface area contributed by atoms with Crippen molar-refractivity contribution in [3.8, 4) is 5.75 Å². The Labute approximate surface area is 209 Å². The SMILES string of the molecule is CCc1ccc(OCC(=O)N(Cc2ccccc2)[C@@H](Cc2ccccc2)C(=O)N[C@@H](C)CC)cc1. The minimum absolute atomic E-state index is 0.0165. The Morgan fingerprint density at radius 3 is 2.00 bits per heavy atom. The number of nitrogens with one attached hydrogen (secondary N) is 1. The Kier molecular flexibility index (Phi) is 9.91. The average Bonchev–Trinajstić information content (AvgIpc) is 2.90. The normalized spacial score (nSPS) is 12.4. The molecule has 0 aromatic heterocycles. The third-order valence-electron chi connectivity index (χ3n) is 6.16. The number of rotatable bonds is 12. The van der Waals surface area contributed by atoms with E-state index in [0.29, 0.717) is 18.7 Å². The smallest absolute Gasteiger partial charge is 0.261 e. The zero-order valence-corrected chi connectivity index (χ0v) is 20.9. The number of carbonyl (C=O) groups is 2. The molecule has 3 aromatic carbocycles. The third-order valence-corrected chi connectivity index (χ3v) is 6.16. The second-order valence-electron chi connectivity index (χ2n) is 8.82. The summed E-state index contributed by atoms with van der Waals surface area (Å²) in [5, 5.41) is 3.08. The van der Waals surface area contributed by atoms with Gasteiger partial charge in [-0.3, -0.25) is 9.59 Å². The number of hydrogen-bond donors (Lipinski definition) is 1. The van der Waals surface area contributed by atoms with E-state index in [0.717, 1.165) is 24.0 Å². The fraction of sp³-hybridized carbons (Fsp3) is 0.333. The van der Waals surface area contributed by atoms with Crippen molar-refractivity contribution in [2.45, 2.75) is 58.7 Å². The number of carbonyl (C=O) groups excluding carboxylic acids is 2. The van der Waals surface area contributed by atoms with Crippen LogP contribution < -0.4 is 10.1 Å². The van der Waals surface area contributed by atoms with Crippen molar-refractivity contribution in [2.24, 2.45) is 0 Å². The molecule has 184 valence electrons.